The lowest BCUT2D eigenvalue weighted by Gasteiger charge is -2.04. The van der Waals surface area contributed by atoms with E-state index in [1.807, 2.05) is 0 Å². The molecule has 1 amide bonds. The molecule has 0 aliphatic rings. The minimum atomic E-state index is -4.57. The number of aromatic nitrogens is 2. The molecule has 1 N–H and O–H groups in total. The molecule has 0 bridgehead atoms. The fourth-order valence-electron chi connectivity index (χ4n) is 1.48. The summed E-state index contributed by atoms with van der Waals surface area (Å²) in [5.74, 6) is -0.662. The highest BCUT2D eigenvalue weighted by molar-refractivity contribution is 6.03. The van der Waals surface area contributed by atoms with Gasteiger partial charge in [-0.1, -0.05) is 12.1 Å². The second-order valence-corrected chi connectivity index (χ2v) is 3.78. The Hall–Kier alpha value is -2.31. The van der Waals surface area contributed by atoms with Gasteiger partial charge in [-0.2, -0.15) is 18.3 Å². The van der Waals surface area contributed by atoms with Crippen LogP contribution in [0, 0.1) is 6.07 Å². The Morgan fingerprint density at radius 1 is 1.47 bits per heavy atom. The second kappa shape index (κ2) is 4.75. The molecule has 99 valence electrons. The number of alkyl halides is 3. The Morgan fingerprint density at radius 3 is 2.74 bits per heavy atom. The van der Waals surface area contributed by atoms with E-state index in [0.29, 0.717) is 11.8 Å². The first-order chi connectivity index (χ1) is 8.88. The van der Waals surface area contributed by atoms with E-state index in [9.17, 15) is 18.0 Å². The van der Waals surface area contributed by atoms with Crippen LogP contribution >= 0.6 is 0 Å². The average Bonchev–Trinajstić information content (AvgIpc) is 2.72. The fourth-order valence-corrected chi connectivity index (χ4v) is 1.48. The third-order valence-corrected chi connectivity index (χ3v) is 2.37. The molecule has 2 aromatic rings. The SMILES string of the molecule is Cn1nc(C(F)(F)F)cc1C(=O)Nc1c[c]ccc1. The van der Waals surface area contributed by atoms with E-state index in [4.69, 9.17) is 0 Å². The number of anilines is 1. The van der Waals surface area contributed by atoms with Crippen molar-refractivity contribution >= 4 is 11.6 Å². The van der Waals surface area contributed by atoms with Gasteiger partial charge in [-0.05, 0) is 18.2 Å². The van der Waals surface area contributed by atoms with Gasteiger partial charge in [-0.15, -0.1) is 0 Å². The van der Waals surface area contributed by atoms with Crippen molar-refractivity contribution in [2.24, 2.45) is 7.05 Å². The first-order valence-electron chi connectivity index (χ1n) is 5.26. The van der Waals surface area contributed by atoms with Crippen molar-refractivity contribution in [3.63, 3.8) is 0 Å². The van der Waals surface area contributed by atoms with E-state index in [1.54, 1.807) is 18.2 Å². The summed E-state index contributed by atoms with van der Waals surface area (Å²) in [7, 11) is 1.28. The monoisotopic (exact) mass is 268 g/mol. The van der Waals surface area contributed by atoms with Crippen molar-refractivity contribution in [2.45, 2.75) is 6.18 Å². The maximum absolute atomic E-state index is 12.5. The molecule has 0 saturated heterocycles. The number of rotatable bonds is 2. The van der Waals surface area contributed by atoms with Crippen LogP contribution in [0.2, 0.25) is 0 Å². The molecule has 1 radical (unpaired) electrons. The van der Waals surface area contributed by atoms with Crippen molar-refractivity contribution in [2.75, 3.05) is 5.32 Å². The lowest BCUT2D eigenvalue weighted by molar-refractivity contribution is -0.141. The van der Waals surface area contributed by atoms with Crippen LogP contribution in [0.1, 0.15) is 16.2 Å². The van der Waals surface area contributed by atoms with Crippen molar-refractivity contribution in [3.05, 3.63) is 47.8 Å². The molecule has 0 aliphatic carbocycles. The number of benzene rings is 1. The lowest BCUT2D eigenvalue weighted by Crippen LogP contribution is -2.15. The zero-order chi connectivity index (χ0) is 14.0. The summed E-state index contributed by atoms with van der Waals surface area (Å²) in [6.07, 6.45) is -4.57. The molecular formula is C12H9F3N3O. The first kappa shape index (κ1) is 13.1. The molecule has 0 fully saturated rings. The van der Waals surface area contributed by atoms with E-state index in [1.165, 1.54) is 13.1 Å². The molecular weight excluding hydrogens is 259 g/mol. The number of hydrogen-bond donors (Lipinski definition) is 1. The maximum atomic E-state index is 12.5. The molecule has 0 saturated carbocycles. The van der Waals surface area contributed by atoms with E-state index in [0.717, 1.165) is 4.68 Å². The Bertz CT molecular complexity index is 590. The van der Waals surface area contributed by atoms with Crippen molar-refractivity contribution in [1.82, 2.24) is 9.78 Å². The smallest absolute Gasteiger partial charge is 0.321 e. The number of halogens is 3. The van der Waals surface area contributed by atoms with E-state index in [-0.39, 0.29) is 5.69 Å². The van der Waals surface area contributed by atoms with E-state index >= 15 is 0 Å². The molecule has 19 heavy (non-hydrogen) atoms. The zero-order valence-corrected chi connectivity index (χ0v) is 9.82. The van der Waals surface area contributed by atoms with Crippen molar-refractivity contribution in [3.8, 4) is 0 Å². The minimum Gasteiger partial charge on any atom is -0.321 e. The Morgan fingerprint density at radius 2 is 2.21 bits per heavy atom. The Balaban J connectivity index is 2.23. The van der Waals surface area contributed by atoms with Gasteiger partial charge in [0.1, 0.15) is 5.69 Å². The van der Waals surface area contributed by atoms with Crippen LogP contribution < -0.4 is 5.32 Å². The number of hydrogen-bond acceptors (Lipinski definition) is 2. The second-order valence-electron chi connectivity index (χ2n) is 3.78. The molecule has 4 nitrogen and oxygen atoms in total. The van der Waals surface area contributed by atoms with E-state index in [2.05, 4.69) is 16.5 Å². The molecule has 1 aromatic heterocycles. The predicted octanol–water partition coefficient (Wildman–Crippen LogP) is 2.49. The topological polar surface area (TPSA) is 46.9 Å². The highest BCUT2D eigenvalue weighted by atomic mass is 19.4. The van der Waals surface area contributed by atoms with Crippen LogP contribution in [0.3, 0.4) is 0 Å². The third kappa shape index (κ3) is 2.93. The van der Waals surface area contributed by atoms with E-state index < -0.39 is 17.8 Å². The van der Waals surface area contributed by atoms with Gasteiger partial charge < -0.3 is 5.32 Å². The summed E-state index contributed by atoms with van der Waals surface area (Å²) in [6.45, 7) is 0. The average molecular weight is 268 g/mol. The molecule has 0 unspecified atom stereocenters. The number of aryl methyl sites for hydroxylation is 1. The normalized spacial score (nSPS) is 11.4. The van der Waals surface area contributed by atoms with Crippen molar-refractivity contribution < 1.29 is 18.0 Å². The first-order valence-corrected chi connectivity index (χ1v) is 5.26. The maximum Gasteiger partial charge on any atom is 0.435 e. The van der Waals surface area contributed by atoms with Crippen LogP contribution in [0.5, 0.6) is 0 Å². The summed E-state index contributed by atoms with van der Waals surface area (Å²) in [6, 6.07) is 9.87. The highest BCUT2D eigenvalue weighted by Crippen LogP contribution is 2.28. The van der Waals surface area contributed by atoms with Crippen LogP contribution in [-0.2, 0) is 13.2 Å². The number of nitrogens with zero attached hydrogens (tertiary/aromatic N) is 2. The fraction of sp³-hybridized carbons (Fsp3) is 0.167. The van der Waals surface area contributed by atoms with Gasteiger partial charge in [-0.25, -0.2) is 0 Å². The van der Waals surface area contributed by atoms with Gasteiger partial charge in [0.25, 0.3) is 5.91 Å². The molecule has 2 rings (SSSR count). The minimum absolute atomic E-state index is 0.170. The third-order valence-electron chi connectivity index (χ3n) is 2.37. The quantitative estimate of drug-likeness (QED) is 0.909. The molecule has 0 spiro atoms. The van der Waals surface area contributed by atoms with Gasteiger partial charge >= 0.3 is 6.18 Å². The summed E-state index contributed by atoms with van der Waals surface area (Å²) in [5.41, 5.74) is -0.821. The Labute approximate surface area is 106 Å². The molecule has 0 atom stereocenters. The Kier molecular flexibility index (Phi) is 3.28. The van der Waals surface area contributed by atoms with Crippen LogP contribution in [-0.4, -0.2) is 15.7 Å². The van der Waals surface area contributed by atoms with Crippen LogP contribution in [0.15, 0.2) is 30.3 Å². The molecule has 7 heteroatoms. The molecule has 1 heterocycles. The summed E-state index contributed by atoms with van der Waals surface area (Å²) in [4.78, 5) is 11.8. The standard InChI is InChI=1S/C12H9F3N3O/c1-18-9(7-10(17-18)12(13,14)15)11(19)16-8-5-3-2-4-6-8/h2-3,5-7H,1H3,(H,16,19). The number of amides is 1. The number of carbonyl (C=O) groups is 1. The number of nitrogens with one attached hydrogen (secondary N) is 1. The molecule has 0 aliphatic heterocycles. The van der Waals surface area contributed by atoms with Crippen LogP contribution in [0.4, 0.5) is 18.9 Å². The summed E-state index contributed by atoms with van der Waals surface area (Å²) >= 11 is 0. The van der Waals surface area contributed by atoms with Crippen LogP contribution in [0.25, 0.3) is 0 Å². The van der Waals surface area contributed by atoms with Gasteiger partial charge in [0.2, 0.25) is 0 Å². The van der Waals surface area contributed by atoms with Gasteiger partial charge in [0, 0.05) is 18.8 Å². The highest BCUT2D eigenvalue weighted by Gasteiger charge is 2.35. The predicted molar refractivity (Wildman–Crippen MR) is 61.4 cm³/mol. The lowest BCUT2D eigenvalue weighted by atomic mass is 10.3. The molecule has 1 aromatic carbocycles. The van der Waals surface area contributed by atoms with Crippen molar-refractivity contribution in [1.29, 1.82) is 0 Å². The zero-order valence-electron chi connectivity index (χ0n) is 9.82. The summed E-state index contributed by atoms with van der Waals surface area (Å²) in [5, 5.41) is 5.73. The largest absolute Gasteiger partial charge is 0.435 e. The summed E-state index contributed by atoms with van der Waals surface area (Å²) < 4.78 is 38.3. The van der Waals surface area contributed by atoms with Gasteiger partial charge in [-0.3, -0.25) is 9.48 Å². The number of carbonyl (C=O) groups excluding carboxylic acids is 1. The van der Waals surface area contributed by atoms with Gasteiger partial charge in [0.05, 0.1) is 0 Å². The van der Waals surface area contributed by atoms with Gasteiger partial charge in [0.15, 0.2) is 5.69 Å².